The molecule has 114 valence electrons. The van der Waals surface area contributed by atoms with E-state index in [1.165, 1.54) is 23.1 Å². The van der Waals surface area contributed by atoms with Gasteiger partial charge in [0, 0.05) is 11.4 Å². The molecular weight excluding hydrogens is 320 g/mol. The number of rotatable bonds is 5. The van der Waals surface area contributed by atoms with Crippen LogP contribution >= 0.6 is 23.1 Å². The summed E-state index contributed by atoms with van der Waals surface area (Å²) in [6, 6.07) is 5.62. The fourth-order valence-electron chi connectivity index (χ4n) is 1.86. The number of imidazole rings is 1. The van der Waals surface area contributed by atoms with E-state index in [9.17, 15) is 4.79 Å². The maximum atomic E-state index is 11.9. The minimum atomic E-state index is -0.0996. The van der Waals surface area contributed by atoms with Crippen molar-refractivity contribution in [1.29, 1.82) is 0 Å². The summed E-state index contributed by atoms with van der Waals surface area (Å²) in [7, 11) is 1.62. The smallest absolute Gasteiger partial charge is 0.236 e. The second-order valence-corrected chi connectivity index (χ2v) is 6.38. The quantitative estimate of drug-likeness (QED) is 0.701. The molecule has 1 aromatic carbocycles. The number of carbonyl (C=O) groups is 1. The van der Waals surface area contributed by atoms with Gasteiger partial charge in [-0.25, -0.2) is 9.97 Å². The van der Waals surface area contributed by atoms with Crippen LogP contribution in [0.15, 0.2) is 28.7 Å². The topological polar surface area (TPSA) is 79.9 Å². The predicted molar refractivity (Wildman–Crippen MR) is 88.9 cm³/mol. The molecule has 0 aliphatic carbocycles. The molecule has 0 aliphatic heterocycles. The molecule has 3 rings (SSSR count). The Labute approximate surface area is 135 Å². The molecule has 8 heteroatoms. The van der Waals surface area contributed by atoms with E-state index >= 15 is 0 Å². The van der Waals surface area contributed by atoms with Gasteiger partial charge in [0.1, 0.15) is 5.75 Å². The van der Waals surface area contributed by atoms with Crippen LogP contribution in [0, 0.1) is 6.92 Å². The number of ether oxygens (including phenoxy) is 1. The van der Waals surface area contributed by atoms with Crippen molar-refractivity contribution >= 4 is 45.2 Å². The van der Waals surface area contributed by atoms with Gasteiger partial charge in [-0.05, 0) is 19.1 Å². The van der Waals surface area contributed by atoms with E-state index in [1.807, 2.05) is 30.5 Å². The van der Waals surface area contributed by atoms with E-state index in [4.69, 9.17) is 4.74 Å². The van der Waals surface area contributed by atoms with Crippen molar-refractivity contribution in [3.8, 4) is 5.75 Å². The van der Waals surface area contributed by atoms with E-state index in [-0.39, 0.29) is 11.7 Å². The van der Waals surface area contributed by atoms with Crippen LogP contribution in [0.4, 0.5) is 5.13 Å². The summed E-state index contributed by atoms with van der Waals surface area (Å²) in [5.41, 5.74) is 2.64. The lowest BCUT2D eigenvalue weighted by Gasteiger charge is -1.99. The van der Waals surface area contributed by atoms with Crippen LogP contribution < -0.4 is 10.1 Å². The lowest BCUT2D eigenvalue weighted by molar-refractivity contribution is -0.113. The third kappa shape index (κ3) is 3.40. The number of amides is 1. The lowest BCUT2D eigenvalue weighted by atomic mass is 10.3. The largest absolute Gasteiger partial charge is 0.497 e. The number of thiazole rings is 1. The highest BCUT2D eigenvalue weighted by molar-refractivity contribution is 7.99. The second kappa shape index (κ2) is 6.37. The Hall–Kier alpha value is -2.06. The van der Waals surface area contributed by atoms with E-state index in [0.29, 0.717) is 10.3 Å². The minimum absolute atomic E-state index is 0.0996. The van der Waals surface area contributed by atoms with Crippen molar-refractivity contribution < 1.29 is 9.53 Å². The second-order valence-electron chi connectivity index (χ2n) is 4.56. The maximum absolute atomic E-state index is 11.9. The highest BCUT2D eigenvalue weighted by Gasteiger charge is 2.09. The third-order valence-corrected chi connectivity index (χ3v) is 4.62. The summed E-state index contributed by atoms with van der Waals surface area (Å²) < 4.78 is 5.17. The van der Waals surface area contributed by atoms with Gasteiger partial charge < -0.3 is 15.0 Å². The van der Waals surface area contributed by atoms with Gasteiger partial charge in [0.25, 0.3) is 0 Å². The highest BCUT2D eigenvalue weighted by Crippen LogP contribution is 2.23. The normalized spacial score (nSPS) is 10.8. The van der Waals surface area contributed by atoms with Gasteiger partial charge in [0.2, 0.25) is 5.91 Å². The van der Waals surface area contributed by atoms with Crippen molar-refractivity contribution in [3.05, 3.63) is 29.3 Å². The Morgan fingerprint density at radius 2 is 2.32 bits per heavy atom. The van der Waals surface area contributed by atoms with Crippen molar-refractivity contribution in [2.45, 2.75) is 12.1 Å². The first-order valence-corrected chi connectivity index (χ1v) is 8.39. The highest BCUT2D eigenvalue weighted by atomic mass is 32.2. The zero-order chi connectivity index (χ0) is 15.5. The SMILES string of the molecule is COc1ccc2nc(SCC(=O)Nc3nc(C)cs3)[nH]c2c1. The van der Waals surface area contributed by atoms with E-state index in [2.05, 4.69) is 20.3 Å². The molecule has 0 aliphatic rings. The van der Waals surface area contributed by atoms with Gasteiger partial charge in [0.05, 0.1) is 29.6 Å². The van der Waals surface area contributed by atoms with Gasteiger partial charge in [-0.15, -0.1) is 11.3 Å². The monoisotopic (exact) mass is 334 g/mol. The fraction of sp³-hybridized carbons (Fsp3) is 0.214. The van der Waals surface area contributed by atoms with Crippen LogP contribution in [-0.4, -0.2) is 33.7 Å². The van der Waals surface area contributed by atoms with E-state index in [0.717, 1.165) is 22.5 Å². The molecular formula is C14H14N4O2S2. The zero-order valence-corrected chi connectivity index (χ0v) is 13.7. The van der Waals surface area contributed by atoms with Gasteiger partial charge in [0.15, 0.2) is 10.3 Å². The molecule has 0 unspecified atom stereocenters. The van der Waals surface area contributed by atoms with Crippen LogP contribution in [-0.2, 0) is 4.79 Å². The molecule has 0 atom stereocenters. The molecule has 2 heterocycles. The average molecular weight is 334 g/mol. The van der Waals surface area contributed by atoms with Gasteiger partial charge >= 0.3 is 0 Å². The predicted octanol–water partition coefficient (Wildman–Crippen LogP) is 3.07. The van der Waals surface area contributed by atoms with Crippen LogP contribution in [0.3, 0.4) is 0 Å². The summed E-state index contributed by atoms with van der Waals surface area (Å²) in [5, 5.41) is 5.99. The van der Waals surface area contributed by atoms with Crippen LogP contribution in [0.1, 0.15) is 5.69 Å². The van der Waals surface area contributed by atoms with Crippen LogP contribution in [0.25, 0.3) is 11.0 Å². The number of methoxy groups -OCH3 is 1. The van der Waals surface area contributed by atoms with Gasteiger partial charge in [-0.2, -0.15) is 0 Å². The molecule has 6 nitrogen and oxygen atoms in total. The van der Waals surface area contributed by atoms with Gasteiger partial charge in [-0.3, -0.25) is 4.79 Å². The number of hydrogen-bond acceptors (Lipinski definition) is 6. The number of aryl methyl sites for hydroxylation is 1. The molecule has 0 spiro atoms. The number of nitrogens with zero attached hydrogens (tertiary/aromatic N) is 2. The Kier molecular flexibility index (Phi) is 4.30. The van der Waals surface area contributed by atoms with Crippen LogP contribution in [0.5, 0.6) is 5.75 Å². The van der Waals surface area contributed by atoms with E-state index < -0.39 is 0 Å². The molecule has 0 fully saturated rings. The standard InChI is InChI=1S/C14H14N4O2S2/c1-8-6-21-13(15-8)18-12(19)7-22-14-16-10-4-3-9(20-2)5-11(10)17-14/h3-6H,7H2,1-2H3,(H,16,17)(H,15,18,19). The molecule has 2 aromatic heterocycles. The maximum Gasteiger partial charge on any atom is 0.236 e. The number of aromatic nitrogens is 3. The van der Waals surface area contributed by atoms with Gasteiger partial charge in [-0.1, -0.05) is 11.8 Å². The first-order chi connectivity index (χ1) is 10.6. The lowest BCUT2D eigenvalue weighted by Crippen LogP contribution is -2.13. The van der Waals surface area contributed by atoms with E-state index in [1.54, 1.807) is 7.11 Å². The molecule has 2 N–H and O–H groups in total. The molecule has 0 radical (unpaired) electrons. The number of fused-ring (bicyclic) bond motifs is 1. The summed E-state index contributed by atoms with van der Waals surface area (Å²) in [6.07, 6.45) is 0. The number of H-pyrrole nitrogens is 1. The molecule has 22 heavy (non-hydrogen) atoms. The van der Waals surface area contributed by atoms with Crippen molar-refractivity contribution in [2.75, 3.05) is 18.2 Å². The molecule has 0 bridgehead atoms. The van der Waals surface area contributed by atoms with Crippen molar-refractivity contribution in [3.63, 3.8) is 0 Å². The van der Waals surface area contributed by atoms with Crippen LogP contribution in [0.2, 0.25) is 0 Å². The number of thioether (sulfide) groups is 1. The first kappa shape index (κ1) is 14.9. The third-order valence-electron chi connectivity index (χ3n) is 2.87. The minimum Gasteiger partial charge on any atom is -0.497 e. The molecule has 0 saturated heterocycles. The summed E-state index contributed by atoms with van der Waals surface area (Å²) in [6.45, 7) is 1.89. The number of hydrogen-bond donors (Lipinski definition) is 2. The number of nitrogens with one attached hydrogen (secondary N) is 2. The Balaban J connectivity index is 1.62. The first-order valence-electron chi connectivity index (χ1n) is 6.52. The number of anilines is 1. The molecule has 3 aromatic rings. The fourth-order valence-corrected chi connectivity index (χ4v) is 3.25. The van der Waals surface area contributed by atoms with Crippen molar-refractivity contribution in [2.24, 2.45) is 0 Å². The number of carbonyl (C=O) groups excluding carboxylic acids is 1. The molecule has 1 amide bonds. The Bertz CT molecular complexity index is 812. The summed E-state index contributed by atoms with van der Waals surface area (Å²) >= 11 is 2.77. The Morgan fingerprint density at radius 1 is 1.45 bits per heavy atom. The molecule has 0 saturated carbocycles. The average Bonchev–Trinajstić information content (AvgIpc) is 3.10. The number of aromatic amines is 1. The summed E-state index contributed by atoms with van der Waals surface area (Å²) in [5.74, 6) is 0.942. The Morgan fingerprint density at radius 3 is 3.05 bits per heavy atom. The number of benzene rings is 1. The zero-order valence-electron chi connectivity index (χ0n) is 12.0. The van der Waals surface area contributed by atoms with Crippen molar-refractivity contribution in [1.82, 2.24) is 15.0 Å². The summed E-state index contributed by atoms with van der Waals surface area (Å²) in [4.78, 5) is 23.7.